The van der Waals surface area contributed by atoms with E-state index < -0.39 is 17.6 Å². The van der Waals surface area contributed by atoms with Crippen LogP contribution < -0.4 is 0 Å². The summed E-state index contributed by atoms with van der Waals surface area (Å²) in [5.41, 5.74) is -1.21. The van der Waals surface area contributed by atoms with Crippen molar-refractivity contribution in [2.24, 2.45) is 0 Å². The van der Waals surface area contributed by atoms with Crippen molar-refractivity contribution in [3.63, 3.8) is 0 Å². The van der Waals surface area contributed by atoms with E-state index in [9.17, 15) is 14.7 Å². The van der Waals surface area contributed by atoms with Crippen LogP contribution in [0.3, 0.4) is 0 Å². The Labute approximate surface area is 106 Å². The number of epoxide rings is 1. The van der Waals surface area contributed by atoms with Crippen LogP contribution in [-0.2, 0) is 14.3 Å². The fourth-order valence-corrected chi connectivity index (χ4v) is 2.66. The second-order valence-electron chi connectivity index (χ2n) is 5.30. The minimum Gasteiger partial charge on any atom is -0.467 e. The van der Waals surface area contributed by atoms with Gasteiger partial charge in [0, 0.05) is 6.54 Å². The molecule has 1 N–H and O–H groups in total. The van der Waals surface area contributed by atoms with E-state index in [-0.39, 0.29) is 5.60 Å². The number of rotatable bonds is 4. The molecule has 6 nitrogen and oxygen atoms in total. The summed E-state index contributed by atoms with van der Waals surface area (Å²) in [7, 11) is 1.30. The van der Waals surface area contributed by atoms with E-state index in [1.165, 1.54) is 12.0 Å². The molecular formula is C12H19NO5. The molecule has 102 valence electrons. The molecular weight excluding hydrogens is 238 g/mol. The first-order chi connectivity index (χ1) is 8.43. The first-order valence-corrected chi connectivity index (χ1v) is 6.16. The quantitative estimate of drug-likeness (QED) is 0.605. The molecule has 2 atom stereocenters. The lowest BCUT2D eigenvalue weighted by Gasteiger charge is -2.34. The lowest BCUT2D eigenvalue weighted by Crippen LogP contribution is -2.53. The number of carbonyl (C=O) groups is 2. The Hall–Kier alpha value is -1.30. The summed E-state index contributed by atoms with van der Waals surface area (Å²) in [6, 6.07) is 0. The highest BCUT2D eigenvalue weighted by molar-refractivity contribution is 5.86. The summed E-state index contributed by atoms with van der Waals surface area (Å²) in [6.07, 6.45) is 1.30. The second-order valence-corrected chi connectivity index (χ2v) is 5.30. The number of carbonyl (C=O) groups excluding carboxylic acids is 1. The predicted octanol–water partition coefficient (Wildman–Crippen LogP) is 1.24. The van der Waals surface area contributed by atoms with Crippen LogP contribution in [0.25, 0.3) is 0 Å². The van der Waals surface area contributed by atoms with Crippen molar-refractivity contribution < 1.29 is 24.2 Å². The number of likely N-dealkylation sites (tertiary alicyclic amines) is 1. The zero-order chi connectivity index (χ0) is 13.4. The third kappa shape index (κ3) is 2.16. The topological polar surface area (TPSA) is 79.4 Å². The maximum atomic E-state index is 12.0. The summed E-state index contributed by atoms with van der Waals surface area (Å²) in [6.45, 7) is 3.04. The summed E-state index contributed by atoms with van der Waals surface area (Å²) in [5.74, 6) is -0.452. The van der Waals surface area contributed by atoms with Crippen LogP contribution in [0, 0.1) is 0 Å². The van der Waals surface area contributed by atoms with Crippen molar-refractivity contribution in [1.29, 1.82) is 0 Å². The molecule has 0 aromatic carbocycles. The molecule has 2 rings (SSSR count). The number of ether oxygens (including phenoxy) is 2. The van der Waals surface area contributed by atoms with Crippen LogP contribution in [0.1, 0.15) is 32.6 Å². The van der Waals surface area contributed by atoms with E-state index in [0.29, 0.717) is 38.8 Å². The van der Waals surface area contributed by atoms with Crippen LogP contribution in [0.15, 0.2) is 0 Å². The van der Waals surface area contributed by atoms with E-state index >= 15 is 0 Å². The van der Waals surface area contributed by atoms with Crippen LogP contribution >= 0.6 is 0 Å². The van der Waals surface area contributed by atoms with Crippen molar-refractivity contribution in [3.8, 4) is 0 Å². The molecule has 2 fully saturated rings. The predicted molar refractivity (Wildman–Crippen MR) is 62.3 cm³/mol. The van der Waals surface area contributed by atoms with Gasteiger partial charge in [-0.3, -0.25) is 4.90 Å². The highest BCUT2D eigenvalue weighted by Gasteiger charge is 2.53. The third-order valence-corrected chi connectivity index (χ3v) is 3.99. The monoisotopic (exact) mass is 257 g/mol. The molecule has 0 aliphatic carbocycles. The Bertz CT molecular complexity index is 365. The number of hydrogen-bond donors (Lipinski definition) is 1. The van der Waals surface area contributed by atoms with E-state index in [2.05, 4.69) is 0 Å². The van der Waals surface area contributed by atoms with E-state index in [1.54, 1.807) is 0 Å². The van der Waals surface area contributed by atoms with Crippen LogP contribution in [0.5, 0.6) is 0 Å². The number of esters is 1. The first kappa shape index (κ1) is 13.1. The second kappa shape index (κ2) is 4.42. The van der Waals surface area contributed by atoms with Gasteiger partial charge in [0.15, 0.2) is 0 Å². The van der Waals surface area contributed by atoms with Crippen molar-refractivity contribution in [2.45, 2.75) is 43.7 Å². The largest absolute Gasteiger partial charge is 0.467 e. The molecule has 0 spiro atoms. The number of amides is 1. The Morgan fingerprint density at radius 2 is 2.11 bits per heavy atom. The van der Waals surface area contributed by atoms with Crippen molar-refractivity contribution in [3.05, 3.63) is 0 Å². The molecule has 0 saturated carbocycles. The van der Waals surface area contributed by atoms with Gasteiger partial charge in [-0.2, -0.15) is 0 Å². The van der Waals surface area contributed by atoms with Crippen LogP contribution in [-0.4, -0.2) is 53.5 Å². The molecule has 2 saturated heterocycles. The van der Waals surface area contributed by atoms with Gasteiger partial charge >= 0.3 is 12.1 Å². The number of nitrogens with zero attached hydrogens (tertiary/aromatic N) is 1. The lowest BCUT2D eigenvalue weighted by molar-refractivity contribution is -0.153. The average molecular weight is 257 g/mol. The lowest BCUT2D eigenvalue weighted by atomic mass is 9.87. The van der Waals surface area contributed by atoms with Gasteiger partial charge in [-0.1, -0.05) is 0 Å². The zero-order valence-electron chi connectivity index (χ0n) is 10.8. The first-order valence-electron chi connectivity index (χ1n) is 6.16. The van der Waals surface area contributed by atoms with E-state index in [4.69, 9.17) is 9.47 Å². The number of methoxy groups -OCH3 is 1. The van der Waals surface area contributed by atoms with Gasteiger partial charge in [-0.15, -0.1) is 0 Å². The van der Waals surface area contributed by atoms with Gasteiger partial charge in [0.05, 0.1) is 19.3 Å². The van der Waals surface area contributed by atoms with E-state index in [0.717, 1.165) is 0 Å². The average Bonchev–Trinajstić information content (AvgIpc) is 2.92. The van der Waals surface area contributed by atoms with Crippen molar-refractivity contribution >= 4 is 12.1 Å². The summed E-state index contributed by atoms with van der Waals surface area (Å²) in [5, 5.41) is 9.23. The van der Waals surface area contributed by atoms with Crippen molar-refractivity contribution in [2.75, 3.05) is 20.3 Å². The molecule has 0 radical (unpaired) electrons. The molecule has 0 aromatic rings. The molecule has 1 amide bonds. The van der Waals surface area contributed by atoms with Gasteiger partial charge < -0.3 is 14.6 Å². The smallest absolute Gasteiger partial charge is 0.408 e. The minimum absolute atomic E-state index is 0.187. The Kier molecular flexibility index (Phi) is 3.23. The third-order valence-electron chi connectivity index (χ3n) is 3.99. The molecule has 0 aromatic heterocycles. The Morgan fingerprint density at radius 3 is 2.61 bits per heavy atom. The summed E-state index contributed by atoms with van der Waals surface area (Å²) >= 11 is 0. The molecule has 6 heteroatoms. The van der Waals surface area contributed by atoms with Gasteiger partial charge in [-0.05, 0) is 32.6 Å². The molecule has 0 bridgehead atoms. The molecule has 2 aliphatic heterocycles. The maximum absolute atomic E-state index is 12.0. The molecule has 18 heavy (non-hydrogen) atoms. The molecule has 2 unspecified atom stereocenters. The SMILES string of the molecule is COC(=O)C1(CCC2(C)CO2)CCCN1C(=O)O. The Balaban J connectivity index is 2.16. The highest BCUT2D eigenvalue weighted by Crippen LogP contribution is 2.40. The maximum Gasteiger partial charge on any atom is 0.408 e. The fourth-order valence-electron chi connectivity index (χ4n) is 2.66. The Morgan fingerprint density at radius 1 is 1.44 bits per heavy atom. The fraction of sp³-hybridized carbons (Fsp3) is 0.833. The van der Waals surface area contributed by atoms with Crippen LogP contribution in [0.4, 0.5) is 4.79 Å². The van der Waals surface area contributed by atoms with Gasteiger partial charge in [0.2, 0.25) is 0 Å². The van der Waals surface area contributed by atoms with Gasteiger partial charge in [-0.25, -0.2) is 9.59 Å². The van der Waals surface area contributed by atoms with Crippen molar-refractivity contribution in [1.82, 2.24) is 4.90 Å². The zero-order valence-corrected chi connectivity index (χ0v) is 10.8. The molecule has 2 aliphatic rings. The normalized spacial score (nSPS) is 34.4. The van der Waals surface area contributed by atoms with E-state index in [1.807, 2.05) is 6.92 Å². The highest BCUT2D eigenvalue weighted by atomic mass is 16.6. The number of carboxylic acid groups (broad SMARTS) is 1. The molecule has 2 heterocycles. The summed E-state index contributed by atoms with van der Waals surface area (Å²) < 4.78 is 10.1. The summed E-state index contributed by atoms with van der Waals surface area (Å²) in [4.78, 5) is 24.5. The van der Waals surface area contributed by atoms with Gasteiger partial charge in [0.1, 0.15) is 5.54 Å². The number of hydrogen-bond acceptors (Lipinski definition) is 4. The minimum atomic E-state index is -1.06. The van der Waals surface area contributed by atoms with Crippen LogP contribution in [0.2, 0.25) is 0 Å². The van der Waals surface area contributed by atoms with Gasteiger partial charge in [0.25, 0.3) is 0 Å². The standard InChI is InChI=1S/C12H19NO5/c1-11(8-18-11)5-6-12(9(14)17-2)4-3-7-13(12)10(15)16/h3-8H2,1-2H3,(H,15,16).